The fourth-order valence-corrected chi connectivity index (χ4v) is 2.34. The largest absolute Gasteiger partial charge is 0.383 e. The van der Waals surface area contributed by atoms with E-state index in [9.17, 15) is 4.79 Å². The molecule has 0 saturated heterocycles. The van der Waals surface area contributed by atoms with Gasteiger partial charge < -0.3 is 4.74 Å². The number of rotatable bonds is 12. The molecule has 0 spiro atoms. The first-order valence-electron chi connectivity index (χ1n) is 7.41. The SMILES string of the molecule is CCC(CC)N(CCCCCC(=O)NN)CCOC. The highest BCUT2D eigenvalue weighted by atomic mass is 16.5. The zero-order chi connectivity index (χ0) is 14.5. The van der Waals surface area contributed by atoms with E-state index in [1.165, 1.54) is 12.8 Å². The Hall–Kier alpha value is -0.650. The van der Waals surface area contributed by atoms with E-state index in [0.29, 0.717) is 12.5 Å². The van der Waals surface area contributed by atoms with Crippen molar-refractivity contribution in [3.63, 3.8) is 0 Å². The quantitative estimate of drug-likeness (QED) is 0.246. The second kappa shape index (κ2) is 12.4. The van der Waals surface area contributed by atoms with Crippen molar-refractivity contribution in [2.75, 3.05) is 26.8 Å². The number of hydrazine groups is 1. The summed E-state index contributed by atoms with van der Waals surface area (Å²) in [5.74, 6) is 4.97. The molecule has 0 aliphatic heterocycles. The second-order valence-electron chi connectivity index (χ2n) is 4.88. The molecule has 0 aliphatic carbocycles. The Kier molecular flexibility index (Phi) is 12.0. The summed E-state index contributed by atoms with van der Waals surface area (Å²) in [7, 11) is 1.75. The van der Waals surface area contributed by atoms with E-state index in [-0.39, 0.29) is 5.91 Å². The van der Waals surface area contributed by atoms with Gasteiger partial charge in [0.05, 0.1) is 6.61 Å². The van der Waals surface area contributed by atoms with E-state index in [0.717, 1.165) is 39.0 Å². The number of carbonyl (C=O) groups excluding carboxylic acids is 1. The number of amides is 1. The molecule has 5 heteroatoms. The van der Waals surface area contributed by atoms with Crippen LogP contribution in [0.5, 0.6) is 0 Å². The van der Waals surface area contributed by atoms with Crippen LogP contribution in [-0.2, 0) is 9.53 Å². The van der Waals surface area contributed by atoms with E-state index >= 15 is 0 Å². The summed E-state index contributed by atoms with van der Waals surface area (Å²) >= 11 is 0. The van der Waals surface area contributed by atoms with Crippen LogP contribution in [0.2, 0.25) is 0 Å². The van der Waals surface area contributed by atoms with Crippen molar-refractivity contribution in [2.24, 2.45) is 5.84 Å². The molecule has 1 amide bonds. The normalized spacial score (nSPS) is 11.3. The van der Waals surface area contributed by atoms with E-state index in [1.807, 2.05) is 0 Å². The molecule has 3 N–H and O–H groups in total. The number of methoxy groups -OCH3 is 1. The first-order chi connectivity index (χ1) is 9.19. The summed E-state index contributed by atoms with van der Waals surface area (Å²) in [6, 6.07) is 0.641. The van der Waals surface area contributed by atoms with Crippen molar-refractivity contribution in [1.29, 1.82) is 0 Å². The molecule has 0 aliphatic rings. The molecule has 0 heterocycles. The van der Waals surface area contributed by atoms with Crippen molar-refractivity contribution in [2.45, 2.75) is 58.4 Å². The number of hydrogen-bond donors (Lipinski definition) is 2. The molecule has 0 radical (unpaired) electrons. The van der Waals surface area contributed by atoms with Crippen LogP contribution in [-0.4, -0.2) is 43.7 Å². The zero-order valence-corrected chi connectivity index (χ0v) is 12.8. The summed E-state index contributed by atoms with van der Waals surface area (Å²) in [6.07, 6.45) is 5.98. The smallest absolute Gasteiger partial charge is 0.233 e. The summed E-state index contributed by atoms with van der Waals surface area (Å²) in [5.41, 5.74) is 2.16. The maximum absolute atomic E-state index is 11.0. The molecule has 19 heavy (non-hydrogen) atoms. The standard InChI is InChI=1S/C14H31N3O2/c1-4-13(5-2)17(11-12-19-3)10-8-6-7-9-14(18)16-15/h13H,4-12,15H2,1-3H3,(H,16,18). The zero-order valence-electron chi connectivity index (χ0n) is 12.8. The van der Waals surface area contributed by atoms with Gasteiger partial charge in [-0.05, 0) is 32.2 Å². The third kappa shape index (κ3) is 8.97. The molecule has 0 aromatic carbocycles. The van der Waals surface area contributed by atoms with E-state index in [4.69, 9.17) is 10.6 Å². The Bertz CT molecular complexity index is 221. The first-order valence-corrected chi connectivity index (χ1v) is 7.41. The lowest BCUT2D eigenvalue weighted by Gasteiger charge is -2.30. The Balaban J connectivity index is 3.87. The minimum atomic E-state index is -0.0729. The van der Waals surface area contributed by atoms with Crippen LogP contribution < -0.4 is 11.3 Å². The maximum Gasteiger partial charge on any atom is 0.233 e. The number of ether oxygens (including phenoxy) is 1. The van der Waals surface area contributed by atoms with Gasteiger partial charge in [-0.1, -0.05) is 20.3 Å². The maximum atomic E-state index is 11.0. The number of nitrogens with one attached hydrogen (secondary N) is 1. The Morgan fingerprint density at radius 3 is 2.42 bits per heavy atom. The lowest BCUT2D eigenvalue weighted by molar-refractivity contribution is -0.121. The molecule has 0 fully saturated rings. The number of nitrogens with two attached hydrogens (primary N) is 1. The van der Waals surface area contributed by atoms with Gasteiger partial charge in [0, 0.05) is 26.1 Å². The predicted molar refractivity (Wildman–Crippen MR) is 78.6 cm³/mol. The molecule has 0 saturated carbocycles. The average molecular weight is 273 g/mol. The summed E-state index contributed by atoms with van der Waals surface area (Å²) in [6.45, 7) is 7.33. The monoisotopic (exact) mass is 273 g/mol. The van der Waals surface area contributed by atoms with E-state index in [1.54, 1.807) is 7.11 Å². The third-order valence-corrected chi connectivity index (χ3v) is 3.55. The van der Waals surface area contributed by atoms with Crippen molar-refractivity contribution in [1.82, 2.24) is 10.3 Å². The van der Waals surface area contributed by atoms with Crippen LogP contribution in [0.25, 0.3) is 0 Å². The minimum Gasteiger partial charge on any atom is -0.383 e. The molecule has 0 aromatic rings. The van der Waals surface area contributed by atoms with Gasteiger partial charge in [-0.15, -0.1) is 0 Å². The number of nitrogens with zero attached hydrogens (tertiary/aromatic N) is 1. The van der Waals surface area contributed by atoms with Crippen LogP contribution in [0.1, 0.15) is 52.4 Å². The van der Waals surface area contributed by atoms with Gasteiger partial charge in [-0.25, -0.2) is 5.84 Å². The predicted octanol–water partition coefficient (Wildman–Crippen LogP) is 1.67. The number of hydrogen-bond acceptors (Lipinski definition) is 4. The van der Waals surface area contributed by atoms with Gasteiger partial charge in [0.1, 0.15) is 0 Å². The highest BCUT2D eigenvalue weighted by molar-refractivity contribution is 5.74. The second-order valence-corrected chi connectivity index (χ2v) is 4.88. The molecule has 0 unspecified atom stereocenters. The molecule has 0 bridgehead atoms. The fraction of sp³-hybridized carbons (Fsp3) is 0.929. The van der Waals surface area contributed by atoms with Crippen LogP contribution in [0.15, 0.2) is 0 Å². The average Bonchev–Trinajstić information content (AvgIpc) is 2.44. The van der Waals surface area contributed by atoms with Crippen LogP contribution in [0.4, 0.5) is 0 Å². The lowest BCUT2D eigenvalue weighted by atomic mass is 10.1. The van der Waals surface area contributed by atoms with Gasteiger partial charge in [0.15, 0.2) is 0 Å². The van der Waals surface area contributed by atoms with Crippen LogP contribution in [0.3, 0.4) is 0 Å². The molecule has 0 rings (SSSR count). The first kappa shape index (κ1) is 18.4. The molecular weight excluding hydrogens is 242 g/mol. The Morgan fingerprint density at radius 2 is 1.89 bits per heavy atom. The van der Waals surface area contributed by atoms with Gasteiger partial charge in [0.2, 0.25) is 5.91 Å². The summed E-state index contributed by atoms with van der Waals surface area (Å²) in [5, 5.41) is 0. The highest BCUT2D eigenvalue weighted by Gasteiger charge is 2.14. The van der Waals surface area contributed by atoms with Crippen LogP contribution >= 0.6 is 0 Å². The third-order valence-electron chi connectivity index (χ3n) is 3.55. The minimum absolute atomic E-state index is 0.0729. The van der Waals surface area contributed by atoms with E-state index in [2.05, 4.69) is 24.2 Å². The van der Waals surface area contributed by atoms with Gasteiger partial charge in [0.25, 0.3) is 0 Å². The highest BCUT2D eigenvalue weighted by Crippen LogP contribution is 2.11. The summed E-state index contributed by atoms with van der Waals surface area (Å²) < 4.78 is 5.18. The molecule has 0 atom stereocenters. The fourth-order valence-electron chi connectivity index (χ4n) is 2.34. The Morgan fingerprint density at radius 1 is 1.21 bits per heavy atom. The van der Waals surface area contributed by atoms with Crippen molar-refractivity contribution < 1.29 is 9.53 Å². The summed E-state index contributed by atoms with van der Waals surface area (Å²) in [4.78, 5) is 13.5. The molecule has 5 nitrogen and oxygen atoms in total. The van der Waals surface area contributed by atoms with Crippen molar-refractivity contribution >= 4 is 5.91 Å². The van der Waals surface area contributed by atoms with Gasteiger partial charge in [-0.2, -0.15) is 0 Å². The van der Waals surface area contributed by atoms with Gasteiger partial charge >= 0.3 is 0 Å². The van der Waals surface area contributed by atoms with E-state index < -0.39 is 0 Å². The van der Waals surface area contributed by atoms with Crippen molar-refractivity contribution in [3.8, 4) is 0 Å². The topological polar surface area (TPSA) is 67.6 Å². The molecular formula is C14H31N3O2. The number of carbonyl (C=O) groups is 1. The lowest BCUT2D eigenvalue weighted by Crippen LogP contribution is -2.37. The molecule has 114 valence electrons. The van der Waals surface area contributed by atoms with Crippen molar-refractivity contribution in [3.05, 3.63) is 0 Å². The molecule has 0 aromatic heterocycles. The van der Waals surface area contributed by atoms with Gasteiger partial charge in [-0.3, -0.25) is 15.1 Å². The number of unbranched alkanes of at least 4 members (excludes halogenated alkanes) is 2. The Labute approximate surface area is 117 Å². The van der Waals surface area contributed by atoms with Crippen LogP contribution in [0, 0.1) is 0 Å².